The largest absolute Gasteiger partial charge is 0.460 e. The lowest BCUT2D eigenvalue weighted by Gasteiger charge is -2.07. The van der Waals surface area contributed by atoms with Crippen molar-refractivity contribution >= 4 is 5.97 Å². The van der Waals surface area contributed by atoms with Gasteiger partial charge in [-0.25, -0.2) is 13.6 Å². The first-order chi connectivity index (χ1) is 10.2. The van der Waals surface area contributed by atoms with E-state index in [9.17, 15) is 13.6 Å². The summed E-state index contributed by atoms with van der Waals surface area (Å²) in [5, 5.41) is 0. The second-order valence-corrected chi connectivity index (χ2v) is 3.95. The van der Waals surface area contributed by atoms with E-state index in [0.717, 1.165) is 12.1 Å². The van der Waals surface area contributed by atoms with Crippen LogP contribution in [-0.4, -0.2) is 52.7 Å². The Hall–Kier alpha value is -1.57. The van der Waals surface area contributed by atoms with Crippen LogP contribution in [0.1, 0.15) is 10.4 Å². The quantitative estimate of drug-likeness (QED) is 0.487. The molecule has 0 amide bonds. The van der Waals surface area contributed by atoms with E-state index in [1.165, 1.54) is 6.07 Å². The third kappa shape index (κ3) is 6.61. The van der Waals surface area contributed by atoms with E-state index < -0.39 is 23.2 Å². The number of halogens is 2. The molecule has 0 spiro atoms. The average molecular weight is 304 g/mol. The normalized spacial score (nSPS) is 10.6. The van der Waals surface area contributed by atoms with Crippen molar-refractivity contribution in [3.63, 3.8) is 0 Å². The van der Waals surface area contributed by atoms with Gasteiger partial charge in [-0.1, -0.05) is 6.07 Å². The van der Waals surface area contributed by atoms with Crippen molar-refractivity contribution in [2.75, 3.05) is 46.8 Å². The molecule has 0 saturated carbocycles. The number of methoxy groups -OCH3 is 1. The number of benzene rings is 1. The summed E-state index contributed by atoms with van der Waals surface area (Å²) in [5.41, 5.74) is -0.433. The first-order valence-corrected chi connectivity index (χ1v) is 6.42. The fourth-order valence-corrected chi connectivity index (χ4v) is 1.40. The molecule has 7 heteroatoms. The molecule has 21 heavy (non-hydrogen) atoms. The summed E-state index contributed by atoms with van der Waals surface area (Å²) in [5.74, 6) is -3.23. The van der Waals surface area contributed by atoms with Crippen LogP contribution in [-0.2, 0) is 18.9 Å². The average Bonchev–Trinajstić information content (AvgIpc) is 2.48. The van der Waals surface area contributed by atoms with Crippen molar-refractivity contribution in [3.05, 3.63) is 35.4 Å². The summed E-state index contributed by atoms with van der Waals surface area (Å²) in [6.07, 6.45) is 0. The van der Waals surface area contributed by atoms with Gasteiger partial charge in [0.25, 0.3) is 0 Å². The number of esters is 1. The maximum absolute atomic E-state index is 13.3. The molecule has 118 valence electrons. The molecular formula is C14H18F2O5. The molecule has 1 aromatic carbocycles. The topological polar surface area (TPSA) is 54.0 Å². The molecule has 0 N–H and O–H groups in total. The van der Waals surface area contributed by atoms with Crippen LogP contribution in [0.25, 0.3) is 0 Å². The monoisotopic (exact) mass is 304 g/mol. The molecule has 1 rings (SSSR count). The molecule has 0 heterocycles. The molecule has 5 nitrogen and oxygen atoms in total. The first kappa shape index (κ1) is 17.5. The maximum atomic E-state index is 13.3. The summed E-state index contributed by atoms with van der Waals surface area (Å²) in [4.78, 5) is 11.5. The van der Waals surface area contributed by atoms with E-state index in [1.807, 2.05) is 0 Å². The Bertz CT molecular complexity index is 439. The number of carbonyl (C=O) groups excluding carboxylic acids is 1. The first-order valence-electron chi connectivity index (χ1n) is 6.42. The third-order valence-electron chi connectivity index (χ3n) is 2.44. The van der Waals surface area contributed by atoms with Crippen LogP contribution in [0, 0.1) is 11.6 Å². The second-order valence-electron chi connectivity index (χ2n) is 3.95. The molecule has 0 aromatic heterocycles. The SMILES string of the molecule is COCCOCCOCCOC(=O)c1cccc(F)c1F. The Kier molecular flexibility index (Phi) is 8.49. The van der Waals surface area contributed by atoms with E-state index >= 15 is 0 Å². The summed E-state index contributed by atoms with van der Waals surface area (Å²) in [6, 6.07) is 3.33. The zero-order valence-electron chi connectivity index (χ0n) is 11.8. The molecule has 0 radical (unpaired) electrons. The minimum atomic E-state index is -1.21. The molecule has 0 aliphatic rings. The van der Waals surface area contributed by atoms with Gasteiger partial charge in [-0.15, -0.1) is 0 Å². The van der Waals surface area contributed by atoms with Gasteiger partial charge < -0.3 is 18.9 Å². The zero-order chi connectivity index (χ0) is 15.5. The lowest BCUT2D eigenvalue weighted by molar-refractivity contribution is 0.00551. The van der Waals surface area contributed by atoms with Gasteiger partial charge in [0.15, 0.2) is 11.6 Å². The van der Waals surface area contributed by atoms with Gasteiger partial charge in [0, 0.05) is 7.11 Å². The Morgan fingerprint density at radius 3 is 2.29 bits per heavy atom. The van der Waals surface area contributed by atoms with Crippen molar-refractivity contribution < 1.29 is 32.5 Å². The molecule has 1 aromatic rings. The number of hydrogen-bond donors (Lipinski definition) is 0. The van der Waals surface area contributed by atoms with Gasteiger partial charge in [0.05, 0.1) is 38.6 Å². The predicted molar refractivity (Wildman–Crippen MR) is 70.2 cm³/mol. The van der Waals surface area contributed by atoms with Crippen molar-refractivity contribution in [3.8, 4) is 0 Å². The van der Waals surface area contributed by atoms with Crippen molar-refractivity contribution in [1.29, 1.82) is 0 Å². The molecule has 0 aliphatic carbocycles. The van der Waals surface area contributed by atoms with Crippen LogP contribution in [0.3, 0.4) is 0 Å². The summed E-state index contributed by atoms with van der Waals surface area (Å²) in [6.45, 7) is 1.83. The van der Waals surface area contributed by atoms with E-state index in [4.69, 9.17) is 18.9 Å². The van der Waals surface area contributed by atoms with Gasteiger partial charge in [-0.3, -0.25) is 0 Å². The predicted octanol–water partition coefficient (Wildman–Crippen LogP) is 1.80. The molecule has 0 saturated heterocycles. The lowest BCUT2D eigenvalue weighted by Crippen LogP contribution is -2.15. The number of hydrogen-bond acceptors (Lipinski definition) is 5. The van der Waals surface area contributed by atoms with Gasteiger partial charge in [-0.05, 0) is 12.1 Å². The maximum Gasteiger partial charge on any atom is 0.341 e. The fourth-order valence-electron chi connectivity index (χ4n) is 1.40. The van der Waals surface area contributed by atoms with Crippen LogP contribution in [0.2, 0.25) is 0 Å². The highest BCUT2D eigenvalue weighted by molar-refractivity contribution is 5.89. The molecule has 0 unspecified atom stereocenters. The minimum Gasteiger partial charge on any atom is -0.460 e. The van der Waals surface area contributed by atoms with Crippen LogP contribution >= 0.6 is 0 Å². The van der Waals surface area contributed by atoms with Gasteiger partial charge in [0.2, 0.25) is 0 Å². The van der Waals surface area contributed by atoms with E-state index in [1.54, 1.807) is 7.11 Å². The second kappa shape index (κ2) is 10.2. The zero-order valence-corrected chi connectivity index (χ0v) is 11.8. The van der Waals surface area contributed by atoms with Crippen LogP contribution in [0.15, 0.2) is 18.2 Å². The Balaban J connectivity index is 2.13. The van der Waals surface area contributed by atoms with E-state index in [-0.39, 0.29) is 13.2 Å². The van der Waals surface area contributed by atoms with Crippen LogP contribution in [0.5, 0.6) is 0 Å². The van der Waals surface area contributed by atoms with E-state index in [0.29, 0.717) is 26.4 Å². The highest BCUT2D eigenvalue weighted by Crippen LogP contribution is 2.12. The molecule has 0 fully saturated rings. The highest BCUT2D eigenvalue weighted by atomic mass is 19.2. The number of rotatable bonds is 10. The Morgan fingerprint density at radius 1 is 1.00 bits per heavy atom. The van der Waals surface area contributed by atoms with Gasteiger partial charge >= 0.3 is 5.97 Å². The Labute approximate surface area is 121 Å². The molecular weight excluding hydrogens is 286 g/mol. The highest BCUT2D eigenvalue weighted by Gasteiger charge is 2.15. The van der Waals surface area contributed by atoms with Crippen molar-refractivity contribution in [2.45, 2.75) is 0 Å². The van der Waals surface area contributed by atoms with E-state index in [2.05, 4.69) is 0 Å². The molecule has 0 atom stereocenters. The number of carbonyl (C=O) groups is 1. The number of ether oxygens (including phenoxy) is 4. The van der Waals surface area contributed by atoms with Crippen molar-refractivity contribution in [2.24, 2.45) is 0 Å². The smallest absolute Gasteiger partial charge is 0.341 e. The third-order valence-corrected chi connectivity index (χ3v) is 2.44. The van der Waals surface area contributed by atoms with Crippen LogP contribution < -0.4 is 0 Å². The van der Waals surface area contributed by atoms with Gasteiger partial charge in [0.1, 0.15) is 6.61 Å². The van der Waals surface area contributed by atoms with Crippen LogP contribution in [0.4, 0.5) is 8.78 Å². The summed E-state index contributed by atoms with van der Waals surface area (Å²) in [7, 11) is 1.58. The fraction of sp³-hybridized carbons (Fsp3) is 0.500. The standard InChI is InChI=1S/C14H18F2O5/c1-18-5-6-19-7-8-20-9-10-21-14(17)11-3-2-4-12(15)13(11)16/h2-4H,5-10H2,1H3. The lowest BCUT2D eigenvalue weighted by atomic mass is 10.2. The van der Waals surface area contributed by atoms with Crippen molar-refractivity contribution in [1.82, 2.24) is 0 Å². The summed E-state index contributed by atoms with van der Waals surface area (Å²) >= 11 is 0. The van der Waals surface area contributed by atoms with Gasteiger partial charge in [-0.2, -0.15) is 0 Å². The summed E-state index contributed by atoms with van der Waals surface area (Å²) < 4.78 is 46.1. The Morgan fingerprint density at radius 2 is 1.62 bits per heavy atom. The molecule has 0 bridgehead atoms. The minimum absolute atomic E-state index is 0.0488. The molecule has 0 aliphatic heterocycles.